The summed E-state index contributed by atoms with van der Waals surface area (Å²) in [7, 11) is 0. The summed E-state index contributed by atoms with van der Waals surface area (Å²) in [5.74, 6) is -0.288. The van der Waals surface area contributed by atoms with E-state index >= 15 is 0 Å². The molecule has 0 fully saturated rings. The van der Waals surface area contributed by atoms with Crippen LogP contribution >= 0.6 is 0 Å². The predicted octanol–water partition coefficient (Wildman–Crippen LogP) is 1.11. The number of ketones is 1. The van der Waals surface area contributed by atoms with Gasteiger partial charge in [-0.05, 0) is 18.4 Å². The van der Waals surface area contributed by atoms with Gasteiger partial charge in [-0.3, -0.25) is 4.79 Å². The van der Waals surface area contributed by atoms with Crippen molar-refractivity contribution in [2.45, 2.75) is 51.2 Å². The maximum absolute atomic E-state index is 11.6. The molecule has 0 unspecified atom stereocenters. The molecule has 0 heterocycles. The number of allylic oxidation sites excluding steroid dienone is 1. The lowest BCUT2D eigenvalue weighted by Crippen LogP contribution is -2.37. The molecule has 0 saturated heterocycles. The van der Waals surface area contributed by atoms with Gasteiger partial charge in [0.1, 0.15) is 6.10 Å². The van der Waals surface area contributed by atoms with Gasteiger partial charge in [0.2, 0.25) is 0 Å². The van der Waals surface area contributed by atoms with Crippen LogP contribution < -0.4 is 0 Å². The molecule has 0 aromatic heterocycles. The lowest BCUT2D eigenvalue weighted by Gasteiger charge is -2.26. The zero-order chi connectivity index (χ0) is 13.5. The molecule has 0 amide bonds. The number of rotatable bonds is 6. The second-order valence-corrected chi connectivity index (χ2v) is 4.63. The van der Waals surface area contributed by atoms with Gasteiger partial charge < -0.3 is 15.3 Å². The van der Waals surface area contributed by atoms with Gasteiger partial charge in [0.25, 0.3) is 0 Å². The Kier molecular flexibility index (Phi) is 6.25. The Balaban J connectivity index is 2.76. The molecular weight excluding hydrogens is 232 g/mol. The van der Waals surface area contributed by atoms with Crippen LogP contribution in [0.25, 0.3) is 0 Å². The highest BCUT2D eigenvalue weighted by atomic mass is 16.3. The Morgan fingerprint density at radius 2 is 2.06 bits per heavy atom. The van der Waals surface area contributed by atoms with Gasteiger partial charge in [0.05, 0.1) is 12.7 Å². The molecule has 0 spiro atoms. The average Bonchev–Trinajstić information content (AvgIpc) is 2.35. The van der Waals surface area contributed by atoms with Crippen LogP contribution in [0, 0.1) is 0 Å². The molecule has 1 rings (SSSR count). The van der Waals surface area contributed by atoms with Gasteiger partial charge in [-0.15, -0.1) is 0 Å². The normalized spacial score (nSPS) is 25.2. The van der Waals surface area contributed by atoms with E-state index in [0.717, 1.165) is 25.7 Å². The van der Waals surface area contributed by atoms with Gasteiger partial charge in [-0.25, -0.2) is 0 Å². The third-order valence-corrected chi connectivity index (χ3v) is 3.19. The molecule has 18 heavy (non-hydrogen) atoms. The topological polar surface area (TPSA) is 77.8 Å². The molecule has 1 aliphatic rings. The molecule has 4 heteroatoms. The summed E-state index contributed by atoms with van der Waals surface area (Å²) in [6.45, 7) is 1.73. The molecule has 0 saturated carbocycles. The Morgan fingerprint density at radius 3 is 2.67 bits per heavy atom. The summed E-state index contributed by atoms with van der Waals surface area (Å²) in [6.07, 6.45) is 5.48. The van der Waals surface area contributed by atoms with Crippen molar-refractivity contribution in [3.05, 3.63) is 23.3 Å². The Morgan fingerprint density at radius 1 is 1.33 bits per heavy atom. The fourth-order valence-electron chi connectivity index (χ4n) is 2.07. The minimum atomic E-state index is -1.08. The fourth-order valence-corrected chi connectivity index (χ4v) is 2.07. The van der Waals surface area contributed by atoms with Gasteiger partial charge >= 0.3 is 0 Å². The molecule has 102 valence electrons. The van der Waals surface area contributed by atoms with Crippen LogP contribution in [0.2, 0.25) is 0 Å². The maximum Gasteiger partial charge on any atom is 0.164 e. The van der Waals surface area contributed by atoms with Crippen molar-refractivity contribution in [2.24, 2.45) is 0 Å². The number of aliphatic hydroxyl groups excluding tert-OH is 3. The molecule has 0 aromatic carbocycles. The van der Waals surface area contributed by atoms with E-state index in [1.54, 1.807) is 6.08 Å². The Bertz CT molecular complexity index is 344. The Hall–Kier alpha value is -0.970. The Labute approximate surface area is 108 Å². The van der Waals surface area contributed by atoms with Gasteiger partial charge in [0.15, 0.2) is 5.78 Å². The van der Waals surface area contributed by atoms with Crippen LogP contribution in [-0.4, -0.2) is 39.9 Å². The van der Waals surface area contributed by atoms with Gasteiger partial charge in [0, 0.05) is 12.0 Å². The number of hydrogen-bond acceptors (Lipinski definition) is 4. The summed E-state index contributed by atoms with van der Waals surface area (Å²) >= 11 is 0. The highest BCUT2D eigenvalue weighted by Crippen LogP contribution is 2.24. The van der Waals surface area contributed by atoms with E-state index in [2.05, 4.69) is 6.92 Å². The first-order chi connectivity index (χ1) is 8.61. The minimum absolute atomic E-state index is 0.121. The lowest BCUT2D eigenvalue weighted by atomic mass is 9.86. The minimum Gasteiger partial charge on any atom is -0.392 e. The first-order valence-electron chi connectivity index (χ1n) is 6.51. The first kappa shape index (κ1) is 15.1. The predicted molar refractivity (Wildman–Crippen MR) is 69.0 cm³/mol. The average molecular weight is 254 g/mol. The summed E-state index contributed by atoms with van der Waals surface area (Å²) in [5, 5.41) is 28.6. The van der Waals surface area contributed by atoms with E-state index in [4.69, 9.17) is 0 Å². The zero-order valence-corrected chi connectivity index (χ0v) is 10.8. The smallest absolute Gasteiger partial charge is 0.164 e. The second-order valence-electron chi connectivity index (χ2n) is 4.63. The van der Waals surface area contributed by atoms with E-state index < -0.39 is 18.8 Å². The number of hydrogen-bond donors (Lipinski definition) is 3. The number of carbonyl (C=O) groups is 1. The quantitative estimate of drug-likeness (QED) is 0.620. The molecule has 0 aliphatic heterocycles. The van der Waals surface area contributed by atoms with E-state index in [-0.39, 0.29) is 17.8 Å². The molecule has 0 radical (unpaired) electrons. The van der Waals surface area contributed by atoms with Crippen LogP contribution in [0.5, 0.6) is 0 Å². The van der Waals surface area contributed by atoms with Crippen molar-refractivity contribution in [2.75, 3.05) is 6.61 Å². The van der Waals surface area contributed by atoms with Crippen molar-refractivity contribution >= 4 is 5.78 Å². The van der Waals surface area contributed by atoms with Crippen LogP contribution in [0.3, 0.4) is 0 Å². The van der Waals surface area contributed by atoms with Gasteiger partial charge in [-0.2, -0.15) is 0 Å². The largest absolute Gasteiger partial charge is 0.392 e. The SMILES string of the molecule is CCCCC/C=C/C1=C(CO)C(=O)C[C@H](O)[C@@H]1O. The molecule has 2 atom stereocenters. The standard InChI is InChI=1S/C14H22O4/c1-2-3-4-5-6-7-10-11(9-15)12(16)8-13(17)14(10)18/h6-7,13-15,17-18H,2-5,8-9H2,1H3/b7-6+/t13-,14+/m0/s1. The highest BCUT2D eigenvalue weighted by molar-refractivity contribution is 5.98. The van der Waals surface area contributed by atoms with Crippen LogP contribution in [0.15, 0.2) is 23.3 Å². The van der Waals surface area contributed by atoms with E-state index in [1.807, 2.05) is 6.08 Å². The van der Waals surface area contributed by atoms with Crippen molar-refractivity contribution in [1.29, 1.82) is 0 Å². The molecule has 0 aromatic rings. The molecular formula is C14H22O4. The molecule has 4 nitrogen and oxygen atoms in total. The van der Waals surface area contributed by atoms with E-state index in [1.165, 1.54) is 0 Å². The van der Waals surface area contributed by atoms with Crippen LogP contribution in [-0.2, 0) is 4.79 Å². The molecule has 1 aliphatic carbocycles. The monoisotopic (exact) mass is 254 g/mol. The number of aliphatic hydroxyl groups is 3. The van der Waals surface area contributed by atoms with Crippen molar-refractivity contribution in [3.8, 4) is 0 Å². The number of unbranched alkanes of at least 4 members (excludes halogenated alkanes) is 3. The fraction of sp³-hybridized carbons (Fsp3) is 0.643. The highest BCUT2D eigenvalue weighted by Gasteiger charge is 2.32. The lowest BCUT2D eigenvalue weighted by molar-refractivity contribution is -0.120. The van der Waals surface area contributed by atoms with Gasteiger partial charge in [-0.1, -0.05) is 31.9 Å². The van der Waals surface area contributed by atoms with Crippen molar-refractivity contribution < 1.29 is 20.1 Å². The first-order valence-corrected chi connectivity index (χ1v) is 6.51. The maximum atomic E-state index is 11.6. The van der Waals surface area contributed by atoms with Crippen molar-refractivity contribution in [3.63, 3.8) is 0 Å². The van der Waals surface area contributed by atoms with E-state index in [9.17, 15) is 20.1 Å². The van der Waals surface area contributed by atoms with E-state index in [0.29, 0.717) is 5.57 Å². The number of Topliss-reactive ketones (excluding diaryl/α,β-unsaturated/α-hetero) is 1. The summed E-state index contributed by atoms with van der Waals surface area (Å²) in [4.78, 5) is 11.6. The summed E-state index contributed by atoms with van der Waals surface area (Å²) in [6, 6.07) is 0. The number of carbonyl (C=O) groups excluding carboxylic acids is 1. The van der Waals surface area contributed by atoms with Crippen LogP contribution in [0.4, 0.5) is 0 Å². The summed E-state index contributed by atoms with van der Waals surface area (Å²) < 4.78 is 0. The third-order valence-electron chi connectivity index (χ3n) is 3.19. The second kappa shape index (κ2) is 7.46. The summed E-state index contributed by atoms with van der Waals surface area (Å²) in [5.41, 5.74) is 0.581. The molecule has 3 N–H and O–H groups in total. The zero-order valence-electron chi connectivity index (χ0n) is 10.8. The molecule has 0 bridgehead atoms. The van der Waals surface area contributed by atoms with Crippen LogP contribution in [0.1, 0.15) is 39.0 Å². The third kappa shape index (κ3) is 3.77. The van der Waals surface area contributed by atoms with Crippen molar-refractivity contribution in [1.82, 2.24) is 0 Å².